The lowest BCUT2D eigenvalue weighted by atomic mass is 9.87. The highest BCUT2D eigenvalue weighted by Gasteiger charge is 2.41. The van der Waals surface area contributed by atoms with Crippen molar-refractivity contribution in [2.45, 2.75) is 65.8 Å². The van der Waals surface area contributed by atoms with Gasteiger partial charge in [-0.1, -0.05) is 63.0 Å². The highest BCUT2D eigenvalue weighted by molar-refractivity contribution is 6.32. The van der Waals surface area contributed by atoms with Crippen molar-refractivity contribution in [3.63, 3.8) is 0 Å². The van der Waals surface area contributed by atoms with Gasteiger partial charge in [0.15, 0.2) is 23.3 Å². The van der Waals surface area contributed by atoms with Crippen molar-refractivity contribution in [2.75, 3.05) is 26.4 Å². The van der Waals surface area contributed by atoms with Gasteiger partial charge in [-0.05, 0) is 108 Å². The van der Waals surface area contributed by atoms with E-state index >= 15 is 17.6 Å². The number of hydrogen-bond acceptors (Lipinski definition) is 12. The fraction of sp³-hybridized carbons (Fsp3) is 0.235. The molecule has 2 fully saturated rings. The Bertz CT molecular complexity index is 4520. The van der Waals surface area contributed by atoms with Crippen LogP contribution in [0.1, 0.15) is 106 Å². The Balaban J connectivity index is 0.000000192. The maximum Gasteiger partial charge on any atom is 0.335 e. The quantitative estimate of drug-likeness (QED) is 0.0860. The summed E-state index contributed by atoms with van der Waals surface area (Å²) in [6.45, 7) is 8.41. The molecule has 2 N–H and O–H groups in total. The van der Waals surface area contributed by atoms with Crippen LogP contribution in [0.3, 0.4) is 0 Å². The van der Waals surface area contributed by atoms with Crippen molar-refractivity contribution in [1.29, 1.82) is 10.5 Å². The smallest absolute Gasteiger partial charge is 0.335 e. The molecule has 2 atom stereocenters. The monoisotopic (exact) mass is 1330 g/mol. The minimum Gasteiger partial charge on any atom is -0.478 e. The number of nitrogens with zero attached hydrogens (tertiary/aromatic N) is 8. The Morgan fingerprint density at radius 1 is 0.521 bits per heavy atom. The second kappa shape index (κ2) is 26.2. The zero-order chi connectivity index (χ0) is 67.2. The third-order valence-corrected chi connectivity index (χ3v) is 17.0. The molecule has 6 heterocycles. The van der Waals surface area contributed by atoms with Crippen LogP contribution in [-0.4, -0.2) is 77.6 Å². The van der Waals surface area contributed by atoms with Gasteiger partial charge in [-0.25, -0.2) is 64.6 Å². The average Bonchev–Trinajstić information content (AvgIpc) is 1.59. The standard InChI is InChI=1S/2C34H25ClF4N4O4/c2*1-34(2)16-46-15-29(34)43-28-10-20(33(44)45)9-26(39)31(28)42-30(43)11-19-8-25(38)21(12-22(19)35)27-6-5-23(36)32(41-27)47-14-18-4-3-17(13-40)7-24(18)37/h2*3-10,12,29H,11,14-16H2,1-2H3,(H,44,45). The molecule has 480 valence electrons. The third kappa shape index (κ3) is 13.2. The zero-order valence-corrected chi connectivity index (χ0v) is 51.4. The van der Waals surface area contributed by atoms with Crippen molar-refractivity contribution in [1.82, 2.24) is 29.1 Å². The summed E-state index contributed by atoms with van der Waals surface area (Å²) < 4.78 is 145. The molecular formula is C68H50Cl2F8N8O8. The van der Waals surface area contributed by atoms with Crippen molar-refractivity contribution in [3.05, 3.63) is 222 Å². The van der Waals surface area contributed by atoms with E-state index in [0.29, 0.717) is 36.0 Å². The van der Waals surface area contributed by atoms with Crippen LogP contribution in [0, 0.1) is 80.0 Å². The van der Waals surface area contributed by atoms with Gasteiger partial charge in [0, 0.05) is 56.0 Å². The number of benzene rings is 6. The molecule has 4 aromatic heterocycles. The molecule has 2 saturated heterocycles. The van der Waals surface area contributed by atoms with Crippen molar-refractivity contribution < 1.29 is 73.9 Å². The van der Waals surface area contributed by atoms with Gasteiger partial charge >= 0.3 is 11.9 Å². The van der Waals surface area contributed by atoms with E-state index in [1.807, 2.05) is 39.8 Å². The van der Waals surface area contributed by atoms with Gasteiger partial charge < -0.3 is 38.3 Å². The molecule has 16 nitrogen and oxygen atoms in total. The summed E-state index contributed by atoms with van der Waals surface area (Å²) in [5, 5.41) is 37.2. The van der Waals surface area contributed by atoms with Gasteiger partial charge in [0.1, 0.15) is 59.2 Å². The number of halogens is 10. The molecule has 12 rings (SSSR count). The van der Waals surface area contributed by atoms with Crippen LogP contribution in [0.25, 0.3) is 44.6 Å². The Labute approximate surface area is 539 Å². The van der Waals surface area contributed by atoms with E-state index in [9.17, 15) is 37.4 Å². The SMILES string of the molecule is CC1(C)COCC1n1c(Cc2cc(F)c(-c3ccc(F)c(OCc4ccc(C#N)cc4F)n3)cc2Cl)nc2c(F)cc(C(=O)O)cc21.CC1(C)COCC1n1c(Cc2cc(F)c(-c3ccc(F)c(OCc4ccc(C#N)cc4F)n3)cc2Cl)nc2c(F)cc(C(=O)O)cc21. The Morgan fingerprint density at radius 3 is 1.26 bits per heavy atom. The normalized spacial score (nSPS) is 15.6. The lowest BCUT2D eigenvalue weighted by Crippen LogP contribution is -2.27. The van der Waals surface area contributed by atoms with Gasteiger partial charge in [-0.3, -0.25) is 0 Å². The number of imidazole rings is 2. The second-order valence-electron chi connectivity index (χ2n) is 23.7. The number of rotatable bonds is 16. The summed E-state index contributed by atoms with van der Waals surface area (Å²) in [6, 6.07) is 24.5. The number of carboxylic acids is 2. The molecule has 94 heavy (non-hydrogen) atoms. The molecule has 0 saturated carbocycles. The predicted molar refractivity (Wildman–Crippen MR) is 326 cm³/mol. The summed E-state index contributed by atoms with van der Waals surface area (Å²) in [5.41, 5.74) is -0.0740. The number of aromatic carboxylic acids is 2. The molecular weight excluding hydrogens is 1280 g/mol. The number of fused-ring (bicyclic) bond motifs is 2. The van der Waals surface area contributed by atoms with Crippen LogP contribution < -0.4 is 9.47 Å². The third-order valence-electron chi connectivity index (χ3n) is 16.3. The van der Waals surface area contributed by atoms with Crippen molar-refractivity contribution in [3.8, 4) is 46.4 Å². The van der Waals surface area contributed by atoms with Gasteiger partial charge in [0.2, 0.25) is 0 Å². The van der Waals surface area contributed by atoms with E-state index < -0.39 is 94.3 Å². The highest BCUT2D eigenvalue weighted by atomic mass is 35.5. The van der Waals surface area contributed by atoms with Crippen LogP contribution >= 0.6 is 23.2 Å². The molecule has 26 heteroatoms. The number of carboxylic acid groups (broad SMARTS) is 2. The Kier molecular flexibility index (Phi) is 18.3. The highest BCUT2D eigenvalue weighted by Crippen LogP contribution is 2.44. The van der Waals surface area contributed by atoms with E-state index in [-0.39, 0.29) is 126 Å². The largest absolute Gasteiger partial charge is 0.478 e. The summed E-state index contributed by atoms with van der Waals surface area (Å²) in [4.78, 5) is 40.6. The predicted octanol–water partition coefficient (Wildman–Crippen LogP) is 15.3. The number of aromatic nitrogens is 6. The summed E-state index contributed by atoms with van der Waals surface area (Å²) in [5.74, 6) is -9.21. The van der Waals surface area contributed by atoms with Crippen LogP contribution in [0.4, 0.5) is 35.1 Å². The van der Waals surface area contributed by atoms with E-state index in [1.165, 1.54) is 72.8 Å². The molecule has 2 aliphatic heterocycles. The molecule has 2 aliphatic rings. The number of nitriles is 2. The Hall–Kier alpha value is -9.98. The fourth-order valence-electron chi connectivity index (χ4n) is 11.2. The first kappa shape index (κ1) is 65.5. The first-order valence-corrected chi connectivity index (χ1v) is 29.4. The van der Waals surface area contributed by atoms with Crippen molar-refractivity contribution in [2.24, 2.45) is 10.8 Å². The zero-order valence-electron chi connectivity index (χ0n) is 49.9. The van der Waals surface area contributed by atoms with Crippen LogP contribution in [0.2, 0.25) is 10.0 Å². The van der Waals surface area contributed by atoms with Crippen LogP contribution in [0.5, 0.6) is 11.8 Å². The van der Waals surface area contributed by atoms with Gasteiger partial charge in [0.25, 0.3) is 11.8 Å². The van der Waals surface area contributed by atoms with E-state index in [1.54, 1.807) is 9.13 Å². The number of carbonyl (C=O) groups is 2. The van der Waals surface area contributed by atoms with Crippen molar-refractivity contribution >= 4 is 57.2 Å². The first-order valence-electron chi connectivity index (χ1n) is 28.7. The lowest BCUT2D eigenvalue weighted by molar-refractivity contribution is 0.0686. The first-order chi connectivity index (χ1) is 44.7. The molecule has 2 unspecified atom stereocenters. The van der Waals surface area contributed by atoms with Gasteiger partial charge in [-0.2, -0.15) is 10.5 Å². The lowest BCUT2D eigenvalue weighted by Gasteiger charge is -2.28. The molecule has 10 aromatic rings. The molecule has 0 radical (unpaired) electrons. The molecule has 0 spiro atoms. The number of ether oxygens (including phenoxy) is 4. The van der Waals surface area contributed by atoms with E-state index in [2.05, 4.69) is 19.9 Å². The van der Waals surface area contributed by atoms with E-state index in [0.717, 1.165) is 36.4 Å². The molecule has 6 aromatic carbocycles. The average molecular weight is 1330 g/mol. The molecule has 0 amide bonds. The van der Waals surface area contributed by atoms with Gasteiger partial charge in [0.05, 0.1) is 95.3 Å². The number of hydrogen-bond donors (Lipinski definition) is 2. The fourth-order valence-corrected chi connectivity index (χ4v) is 11.7. The molecule has 0 aliphatic carbocycles. The van der Waals surface area contributed by atoms with E-state index in [4.69, 9.17) is 52.7 Å². The minimum absolute atomic E-state index is 0.00647. The Morgan fingerprint density at radius 2 is 0.915 bits per heavy atom. The van der Waals surface area contributed by atoms with Crippen LogP contribution in [0.15, 0.2) is 109 Å². The topological polar surface area (TPSA) is 221 Å². The minimum atomic E-state index is -1.30. The summed E-state index contributed by atoms with van der Waals surface area (Å²) >= 11 is 13.3. The summed E-state index contributed by atoms with van der Waals surface area (Å²) in [7, 11) is 0. The molecule has 0 bridgehead atoms. The number of pyridine rings is 2. The maximum atomic E-state index is 15.7. The van der Waals surface area contributed by atoms with Crippen LogP contribution in [-0.2, 0) is 35.5 Å². The summed E-state index contributed by atoms with van der Waals surface area (Å²) in [6.07, 6.45) is -0.0823. The maximum absolute atomic E-state index is 15.7. The van der Waals surface area contributed by atoms with Gasteiger partial charge in [-0.15, -0.1) is 0 Å². The second-order valence-corrected chi connectivity index (χ2v) is 24.5.